The van der Waals surface area contributed by atoms with E-state index in [1.54, 1.807) is 30.3 Å². The summed E-state index contributed by atoms with van der Waals surface area (Å²) in [5.74, 6) is 0.754. The summed E-state index contributed by atoms with van der Waals surface area (Å²) in [5, 5.41) is 15.7. The van der Waals surface area contributed by atoms with Crippen LogP contribution in [0.3, 0.4) is 0 Å². The normalized spacial score (nSPS) is 11.0. The molecule has 0 aliphatic carbocycles. The summed E-state index contributed by atoms with van der Waals surface area (Å²) >= 11 is 11.0. The van der Waals surface area contributed by atoms with Crippen molar-refractivity contribution in [3.05, 3.63) is 91.8 Å². The molecule has 1 N–H and O–H groups in total. The molecule has 10 heteroatoms. The standard InChI is InChI=1S/C28H21BrClN3O4S/c1-35-24-10-17(11-25(36-2)27(24)37-3)26(34)21-12-20(30)8-9-22(21)32-14-18(13-31)28-33-23(15-38-28)16-4-6-19(29)7-5-16/h4-12,14-15,32H,1-3H3/b18-14+. The number of methoxy groups -OCH3 is 3. The third kappa shape index (κ3) is 5.83. The molecule has 0 spiro atoms. The number of thiazole rings is 1. The molecule has 0 atom stereocenters. The molecule has 0 fully saturated rings. The predicted molar refractivity (Wildman–Crippen MR) is 153 cm³/mol. The molecule has 1 aromatic heterocycles. The van der Waals surface area contributed by atoms with Crippen LogP contribution < -0.4 is 19.5 Å². The summed E-state index contributed by atoms with van der Waals surface area (Å²) in [5.41, 5.74) is 3.11. The van der Waals surface area contributed by atoms with Gasteiger partial charge in [-0.2, -0.15) is 5.26 Å². The lowest BCUT2D eigenvalue weighted by molar-refractivity contribution is 0.103. The zero-order valence-corrected chi connectivity index (χ0v) is 23.7. The molecule has 0 saturated heterocycles. The fourth-order valence-electron chi connectivity index (χ4n) is 3.64. The first-order valence-electron chi connectivity index (χ1n) is 11.1. The number of hydrogen-bond acceptors (Lipinski definition) is 8. The predicted octanol–water partition coefficient (Wildman–Crippen LogP) is 7.46. The molecule has 0 radical (unpaired) electrons. The van der Waals surface area contributed by atoms with Gasteiger partial charge < -0.3 is 19.5 Å². The Morgan fingerprint density at radius 3 is 2.34 bits per heavy atom. The third-order valence-electron chi connectivity index (χ3n) is 5.52. The summed E-state index contributed by atoms with van der Waals surface area (Å²) in [6, 6.07) is 18.0. The highest BCUT2D eigenvalue weighted by Gasteiger charge is 2.20. The maximum absolute atomic E-state index is 13.6. The monoisotopic (exact) mass is 609 g/mol. The lowest BCUT2D eigenvalue weighted by atomic mass is 10.0. The first-order valence-corrected chi connectivity index (χ1v) is 13.2. The van der Waals surface area contributed by atoms with E-state index in [1.807, 2.05) is 29.6 Å². The second-order valence-electron chi connectivity index (χ2n) is 7.79. The van der Waals surface area contributed by atoms with Gasteiger partial charge in [0.2, 0.25) is 5.75 Å². The van der Waals surface area contributed by atoms with E-state index >= 15 is 0 Å². The van der Waals surface area contributed by atoms with Crippen LogP contribution in [0, 0.1) is 11.3 Å². The number of hydrogen-bond donors (Lipinski definition) is 1. The number of rotatable bonds is 9. The molecule has 0 bridgehead atoms. The maximum atomic E-state index is 13.6. The first-order chi connectivity index (χ1) is 18.4. The summed E-state index contributed by atoms with van der Waals surface area (Å²) in [6.45, 7) is 0. The van der Waals surface area contributed by atoms with Gasteiger partial charge in [0.15, 0.2) is 17.3 Å². The van der Waals surface area contributed by atoms with Crippen molar-refractivity contribution < 1.29 is 19.0 Å². The van der Waals surface area contributed by atoms with Crippen molar-refractivity contribution in [2.45, 2.75) is 0 Å². The number of aromatic nitrogens is 1. The van der Waals surface area contributed by atoms with Crippen LogP contribution in [0.4, 0.5) is 5.69 Å². The molecule has 7 nitrogen and oxygen atoms in total. The average Bonchev–Trinajstić information content (AvgIpc) is 3.43. The summed E-state index contributed by atoms with van der Waals surface area (Å²) in [7, 11) is 4.45. The minimum absolute atomic E-state index is 0.301. The van der Waals surface area contributed by atoms with Gasteiger partial charge in [0.1, 0.15) is 16.6 Å². The van der Waals surface area contributed by atoms with Crippen molar-refractivity contribution >= 4 is 55.9 Å². The zero-order chi connectivity index (χ0) is 27.2. The number of halogens is 2. The van der Waals surface area contributed by atoms with E-state index in [2.05, 4.69) is 32.3 Å². The largest absolute Gasteiger partial charge is 0.493 e. The number of nitrogens with one attached hydrogen (secondary N) is 1. The maximum Gasteiger partial charge on any atom is 0.203 e. The Labute approximate surface area is 237 Å². The smallest absolute Gasteiger partial charge is 0.203 e. The van der Waals surface area contributed by atoms with Crippen LogP contribution in [0.1, 0.15) is 20.9 Å². The second-order valence-corrected chi connectivity index (χ2v) is 10.0. The first kappa shape index (κ1) is 27.2. The Kier molecular flexibility index (Phi) is 8.69. The molecule has 4 aromatic rings. The number of anilines is 1. The van der Waals surface area contributed by atoms with Gasteiger partial charge in [-0.25, -0.2) is 4.98 Å². The summed E-state index contributed by atoms with van der Waals surface area (Å²) in [4.78, 5) is 18.2. The highest BCUT2D eigenvalue weighted by molar-refractivity contribution is 9.10. The van der Waals surface area contributed by atoms with E-state index in [1.165, 1.54) is 38.9 Å². The Morgan fingerprint density at radius 1 is 1.05 bits per heavy atom. The summed E-state index contributed by atoms with van der Waals surface area (Å²) < 4.78 is 17.1. The van der Waals surface area contributed by atoms with Gasteiger partial charge >= 0.3 is 0 Å². The van der Waals surface area contributed by atoms with Crippen molar-refractivity contribution in [1.82, 2.24) is 4.98 Å². The van der Waals surface area contributed by atoms with Crippen LogP contribution in [0.15, 0.2) is 70.7 Å². The Hall–Kier alpha value is -3.84. The molecule has 1 heterocycles. The minimum atomic E-state index is -0.326. The van der Waals surface area contributed by atoms with Crippen LogP contribution in [0.2, 0.25) is 5.02 Å². The number of nitriles is 1. The number of nitrogens with zero attached hydrogens (tertiary/aromatic N) is 2. The molecule has 0 aliphatic heterocycles. The second kappa shape index (κ2) is 12.1. The topological polar surface area (TPSA) is 93.5 Å². The van der Waals surface area contributed by atoms with E-state index in [-0.39, 0.29) is 5.78 Å². The Bertz CT molecular complexity index is 1540. The lowest BCUT2D eigenvalue weighted by Gasteiger charge is -2.15. The van der Waals surface area contributed by atoms with Crippen molar-refractivity contribution in [2.75, 3.05) is 26.6 Å². The number of allylic oxidation sites excluding steroid dienone is 1. The lowest BCUT2D eigenvalue weighted by Crippen LogP contribution is -2.07. The minimum Gasteiger partial charge on any atom is -0.493 e. The third-order valence-corrected chi connectivity index (χ3v) is 7.16. The number of carbonyl (C=O) groups excluding carboxylic acids is 1. The molecule has 192 valence electrons. The molecule has 3 aromatic carbocycles. The molecule has 0 unspecified atom stereocenters. The number of ketones is 1. The quantitative estimate of drug-likeness (QED) is 0.155. The van der Waals surface area contributed by atoms with E-state index in [0.717, 1.165) is 15.7 Å². The molecule has 38 heavy (non-hydrogen) atoms. The zero-order valence-electron chi connectivity index (χ0n) is 20.5. The van der Waals surface area contributed by atoms with Crippen LogP contribution in [-0.4, -0.2) is 32.1 Å². The highest BCUT2D eigenvalue weighted by Crippen LogP contribution is 2.39. The number of ether oxygens (including phenoxy) is 3. The molecule has 0 aliphatic rings. The average molecular weight is 611 g/mol. The molecular formula is C28H21BrClN3O4S. The summed E-state index contributed by atoms with van der Waals surface area (Å²) in [6.07, 6.45) is 1.53. The molecule has 0 saturated carbocycles. The molecule has 4 rings (SSSR count). The van der Waals surface area contributed by atoms with Crippen LogP contribution >= 0.6 is 38.9 Å². The number of carbonyl (C=O) groups is 1. The van der Waals surface area contributed by atoms with Gasteiger partial charge in [-0.3, -0.25) is 4.79 Å². The SMILES string of the molecule is COc1cc(C(=O)c2cc(Cl)ccc2N/C=C(\C#N)c2nc(-c3ccc(Br)cc3)cs2)cc(OC)c1OC. The number of benzene rings is 3. The van der Waals surface area contributed by atoms with Crippen molar-refractivity contribution in [2.24, 2.45) is 0 Å². The van der Waals surface area contributed by atoms with Crippen molar-refractivity contribution in [3.8, 4) is 34.6 Å². The van der Waals surface area contributed by atoms with E-state index in [9.17, 15) is 10.1 Å². The van der Waals surface area contributed by atoms with Crippen molar-refractivity contribution in [1.29, 1.82) is 5.26 Å². The van der Waals surface area contributed by atoms with E-state index in [4.69, 9.17) is 25.8 Å². The highest BCUT2D eigenvalue weighted by atomic mass is 79.9. The van der Waals surface area contributed by atoms with Gasteiger partial charge in [-0.05, 0) is 42.5 Å². The van der Waals surface area contributed by atoms with Crippen LogP contribution in [-0.2, 0) is 0 Å². The van der Waals surface area contributed by atoms with E-state index < -0.39 is 0 Å². The Morgan fingerprint density at radius 2 is 1.74 bits per heavy atom. The molecular weight excluding hydrogens is 590 g/mol. The Balaban J connectivity index is 1.66. The van der Waals surface area contributed by atoms with Gasteiger partial charge in [0, 0.05) is 43.5 Å². The van der Waals surface area contributed by atoms with E-state index in [0.29, 0.717) is 49.7 Å². The van der Waals surface area contributed by atoms with Crippen LogP contribution in [0.5, 0.6) is 17.2 Å². The van der Waals surface area contributed by atoms with Gasteiger partial charge in [0.05, 0.1) is 27.0 Å². The van der Waals surface area contributed by atoms with Crippen LogP contribution in [0.25, 0.3) is 16.8 Å². The van der Waals surface area contributed by atoms with Crippen molar-refractivity contribution in [3.63, 3.8) is 0 Å². The van der Waals surface area contributed by atoms with Gasteiger partial charge in [-0.1, -0.05) is 39.7 Å². The van der Waals surface area contributed by atoms with Gasteiger partial charge in [0.25, 0.3) is 0 Å². The van der Waals surface area contributed by atoms with Gasteiger partial charge in [-0.15, -0.1) is 11.3 Å². The molecule has 0 amide bonds. The fraction of sp³-hybridized carbons (Fsp3) is 0.107. The fourth-order valence-corrected chi connectivity index (χ4v) is 4.87.